The minimum Gasteiger partial charge on any atom is -0.444 e. The number of anilines is 1. The lowest BCUT2D eigenvalue weighted by molar-refractivity contribution is -0.120. The zero-order chi connectivity index (χ0) is 18.1. The van der Waals surface area contributed by atoms with Crippen molar-refractivity contribution in [3.63, 3.8) is 0 Å². The van der Waals surface area contributed by atoms with Crippen LogP contribution in [0.3, 0.4) is 0 Å². The Hall–Kier alpha value is -2.08. The summed E-state index contributed by atoms with van der Waals surface area (Å²) in [6.07, 6.45) is -1.11. The lowest BCUT2D eigenvalue weighted by Gasteiger charge is -2.27. The second kappa shape index (κ2) is 6.81. The molecule has 2 atom stereocenters. The summed E-state index contributed by atoms with van der Waals surface area (Å²) in [5, 5.41) is 12.7. The van der Waals surface area contributed by atoms with Crippen molar-refractivity contribution < 1.29 is 19.4 Å². The van der Waals surface area contributed by atoms with Crippen molar-refractivity contribution in [3.8, 4) is 0 Å². The van der Waals surface area contributed by atoms with Crippen molar-refractivity contribution in [1.82, 2.24) is 4.90 Å². The first-order valence-corrected chi connectivity index (χ1v) is 8.12. The number of ether oxygens (including phenoxy) is 1. The van der Waals surface area contributed by atoms with E-state index in [4.69, 9.17) is 4.74 Å². The Kier molecular flexibility index (Phi) is 5.18. The highest BCUT2D eigenvalue weighted by Gasteiger charge is 2.40. The highest BCUT2D eigenvalue weighted by atomic mass is 16.6. The van der Waals surface area contributed by atoms with Gasteiger partial charge in [0.05, 0.1) is 12.6 Å². The molecule has 0 aromatic heterocycles. The van der Waals surface area contributed by atoms with Gasteiger partial charge in [0.1, 0.15) is 11.6 Å². The number of likely N-dealkylation sites (tertiary alicyclic amines) is 1. The number of carbonyl (C=O) groups is 2. The molecular weight excluding hydrogens is 308 g/mol. The van der Waals surface area contributed by atoms with Gasteiger partial charge in [0.2, 0.25) is 5.91 Å². The number of rotatable bonds is 2. The molecule has 0 aliphatic carbocycles. The van der Waals surface area contributed by atoms with Gasteiger partial charge in [-0.05, 0) is 57.9 Å². The number of aliphatic hydroxyl groups excluding tert-OH is 1. The van der Waals surface area contributed by atoms with E-state index in [9.17, 15) is 14.7 Å². The molecule has 2 amide bonds. The summed E-state index contributed by atoms with van der Waals surface area (Å²) in [6, 6.07) is 5.01. The number of benzene rings is 1. The van der Waals surface area contributed by atoms with Crippen LogP contribution >= 0.6 is 0 Å². The monoisotopic (exact) mass is 334 g/mol. The van der Waals surface area contributed by atoms with Gasteiger partial charge in [0, 0.05) is 12.1 Å². The zero-order valence-corrected chi connectivity index (χ0v) is 14.9. The Morgan fingerprint density at radius 1 is 1.21 bits per heavy atom. The Labute approximate surface area is 142 Å². The zero-order valence-electron chi connectivity index (χ0n) is 14.9. The van der Waals surface area contributed by atoms with Gasteiger partial charge in [-0.1, -0.05) is 6.07 Å². The molecular formula is C18H26N2O4. The summed E-state index contributed by atoms with van der Waals surface area (Å²) in [4.78, 5) is 26.2. The minimum atomic E-state index is -0.740. The van der Waals surface area contributed by atoms with Crippen molar-refractivity contribution in [2.75, 3.05) is 11.9 Å². The maximum absolute atomic E-state index is 12.6. The van der Waals surface area contributed by atoms with Gasteiger partial charge in [-0.25, -0.2) is 4.79 Å². The SMILES string of the molecule is Cc1cc(C)cc(NC(=O)[C@@H]2C[C@@H](O)CN2C(=O)OC(C)(C)C)c1. The van der Waals surface area contributed by atoms with Crippen molar-refractivity contribution in [2.45, 2.75) is 58.8 Å². The van der Waals surface area contributed by atoms with Gasteiger partial charge < -0.3 is 15.2 Å². The van der Waals surface area contributed by atoms with E-state index in [1.165, 1.54) is 4.90 Å². The molecule has 1 heterocycles. The lowest BCUT2D eigenvalue weighted by Crippen LogP contribution is -2.45. The lowest BCUT2D eigenvalue weighted by atomic mass is 10.1. The predicted octanol–water partition coefficient (Wildman–Crippen LogP) is 2.61. The summed E-state index contributed by atoms with van der Waals surface area (Å²) in [6.45, 7) is 9.30. The van der Waals surface area contributed by atoms with Crippen LogP contribution in [-0.4, -0.2) is 46.3 Å². The van der Waals surface area contributed by atoms with E-state index in [0.29, 0.717) is 5.69 Å². The second-order valence-electron chi connectivity index (χ2n) is 7.40. The fraction of sp³-hybridized carbons (Fsp3) is 0.556. The Balaban J connectivity index is 2.12. The summed E-state index contributed by atoms with van der Waals surface area (Å²) in [5.41, 5.74) is 2.11. The van der Waals surface area contributed by atoms with Crippen LogP contribution in [0.15, 0.2) is 18.2 Å². The molecule has 6 heteroatoms. The predicted molar refractivity (Wildman–Crippen MR) is 91.9 cm³/mol. The van der Waals surface area contributed by atoms with E-state index in [1.807, 2.05) is 32.0 Å². The van der Waals surface area contributed by atoms with Gasteiger partial charge in [-0.2, -0.15) is 0 Å². The third kappa shape index (κ3) is 4.71. The molecule has 2 N–H and O–H groups in total. The van der Waals surface area contributed by atoms with Gasteiger partial charge >= 0.3 is 6.09 Å². The van der Waals surface area contributed by atoms with Crippen molar-refractivity contribution >= 4 is 17.7 Å². The van der Waals surface area contributed by atoms with E-state index in [1.54, 1.807) is 20.8 Å². The molecule has 1 fully saturated rings. The molecule has 1 saturated heterocycles. The first-order chi connectivity index (χ1) is 11.0. The molecule has 24 heavy (non-hydrogen) atoms. The Morgan fingerprint density at radius 3 is 2.33 bits per heavy atom. The molecule has 0 radical (unpaired) electrons. The molecule has 132 valence electrons. The molecule has 1 aliphatic rings. The van der Waals surface area contributed by atoms with Crippen LogP contribution in [0.25, 0.3) is 0 Å². The second-order valence-corrected chi connectivity index (χ2v) is 7.40. The van der Waals surface area contributed by atoms with E-state index < -0.39 is 23.8 Å². The van der Waals surface area contributed by atoms with Crippen LogP contribution in [-0.2, 0) is 9.53 Å². The average molecular weight is 334 g/mol. The summed E-state index contributed by atoms with van der Waals surface area (Å²) in [5.74, 6) is -0.317. The molecule has 0 saturated carbocycles. The number of β-amino-alcohol motifs (C(OH)–C–C–N with tert-alkyl or cyclic N) is 1. The van der Waals surface area contributed by atoms with Crippen molar-refractivity contribution in [3.05, 3.63) is 29.3 Å². The average Bonchev–Trinajstić information content (AvgIpc) is 2.77. The number of aryl methyl sites for hydroxylation is 2. The van der Waals surface area contributed by atoms with Gasteiger partial charge in [0.25, 0.3) is 0 Å². The summed E-state index contributed by atoms with van der Waals surface area (Å²) in [7, 11) is 0. The number of hydrogen-bond acceptors (Lipinski definition) is 4. The van der Waals surface area contributed by atoms with E-state index in [-0.39, 0.29) is 18.9 Å². The highest BCUT2D eigenvalue weighted by molar-refractivity contribution is 5.97. The number of aliphatic hydroxyl groups is 1. The molecule has 6 nitrogen and oxygen atoms in total. The first kappa shape index (κ1) is 18.3. The van der Waals surface area contributed by atoms with Crippen LogP contribution in [0.5, 0.6) is 0 Å². The van der Waals surface area contributed by atoms with Crippen LogP contribution in [0.4, 0.5) is 10.5 Å². The quantitative estimate of drug-likeness (QED) is 0.871. The smallest absolute Gasteiger partial charge is 0.411 e. The van der Waals surface area contributed by atoms with E-state index in [0.717, 1.165) is 11.1 Å². The third-order valence-corrected chi connectivity index (χ3v) is 3.70. The molecule has 1 aliphatic heterocycles. The van der Waals surface area contributed by atoms with Crippen molar-refractivity contribution in [1.29, 1.82) is 0 Å². The molecule has 2 rings (SSSR count). The number of amides is 2. The number of nitrogens with zero attached hydrogens (tertiary/aromatic N) is 1. The standard InChI is InChI=1S/C18H26N2O4/c1-11-6-12(2)8-13(7-11)19-16(22)15-9-14(21)10-20(15)17(23)24-18(3,4)5/h6-8,14-15,21H,9-10H2,1-5H3,(H,19,22)/t14-,15+/m1/s1. The Morgan fingerprint density at radius 2 is 1.79 bits per heavy atom. The highest BCUT2D eigenvalue weighted by Crippen LogP contribution is 2.23. The summed E-state index contributed by atoms with van der Waals surface area (Å²) >= 11 is 0. The summed E-state index contributed by atoms with van der Waals surface area (Å²) < 4.78 is 5.33. The molecule has 0 spiro atoms. The van der Waals surface area contributed by atoms with Crippen LogP contribution in [0, 0.1) is 13.8 Å². The Bertz CT molecular complexity index is 616. The van der Waals surface area contributed by atoms with Crippen LogP contribution in [0.1, 0.15) is 38.3 Å². The largest absolute Gasteiger partial charge is 0.444 e. The number of nitrogens with one attached hydrogen (secondary N) is 1. The van der Waals surface area contributed by atoms with Crippen LogP contribution < -0.4 is 5.32 Å². The van der Waals surface area contributed by atoms with Gasteiger partial charge in [-0.15, -0.1) is 0 Å². The fourth-order valence-corrected chi connectivity index (χ4v) is 2.86. The normalized spacial score (nSPS) is 20.8. The topological polar surface area (TPSA) is 78.9 Å². The van der Waals surface area contributed by atoms with Gasteiger partial charge in [-0.3, -0.25) is 9.69 Å². The molecule has 1 aromatic rings. The van der Waals surface area contributed by atoms with E-state index >= 15 is 0 Å². The molecule has 0 unspecified atom stereocenters. The minimum absolute atomic E-state index is 0.0971. The first-order valence-electron chi connectivity index (χ1n) is 8.12. The molecule has 1 aromatic carbocycles. The van der Waals surface area contributed by atoms with E-state index in [2.05, 4.69) is 5.32 Å². The van der Waals surface area contributed by atoms with Crippen LogP contribution in [0.2, 0.25) is 0 Å². The number of carbonyl (C=O) groups excluding carboxylic acids is 2. The number of hydrogen-bond donors (Lipinski definition) is 2. The maximum atomic E-state index is 12.6. The third-order valence-electron chi connectivity index (χ3n) is 3.70. The van der Waals surface area contributed by atoms with Crippen molar-refractivity contribution in [2.24, 2.45) is 0 Å². The fourth-order valence-electron chi connectivity index (χ4n) is 2.86. The molecule has 0 bridgehead atoms. The van der Waals surface area contributed by atoms with Gasteiger partial charge in [0.15, 0.2) is 0 Å². The maximum Gasteiger partial charge on any atom is 0.411 e.